The molecule has 37 heavy (non-hydrogen) atoms. The van der Waals surface area contributed by atoms with Gasteiger partial charge in [0.25, 0.3) is 5.91 Å². The molecule has 3 N–H and O–H groups in total. The van der Waals surface area contributed by atoms with E-state index in [9.17, 15) is 19.5 Å². The fraction of sp³-hybridized carbons (Fsp3) is 0.483. The Hall–Kier alpha value is -3.39. The van der Waals surface area contributed by atoms with Crippen LogP contribution in [0.4, 0.5) is 10.5 Å². The lowest BCUT2D eigenvalue weighted by atomic mass is 9.96. The number of nitrogens with one attached hydrogen (secondary N) is 2. The van der Waals surface area contributed by atoms with Crippen LogP contribution in [0.15, 0.2) is 42.5 Å². The highest BCUT2D eigenvalue weighted by molar-refractivity contribution is 6.00. The quantitative estimate of drug-likeness (QED) is 0.454. The van der Waals surface area contributed by atoms with E-state index in [1.807, 2.05) is 57.2 Å². The molecule has 0 aliphatic rings. The summed E-state index contributed by atoms with van der Waals surface area (Å²) in [6.07, 6.45) is -0.726. The van der Waals surface area contributed by atoms with E-state index in [4.69, 9.17) is 4.74 Å². The van der Waals surface area contributed by atoms with Gasteiger partial charge in [0.15, 0.2) is 0 Å². The van der Waals surface area contributed by atoms with Gasteiger partial charge in [-0.3, -0.25) is 9.59 Å². The standard InChI is InChI=1S/C29H41N3O5/c1-18(2)23(31-28(36)37-29(6,7)8)27(35)32(16-17-33)25(22-15-10-9-12-19(22)3)26(34)30-24-20(4)13-11-14-21(24)5/h9-15,18,23,25,33H,16-17H2,1-8H3,(H,30,34)(H,31,36). The first kappa shape index (κ1) is 29.8. The summed E-state index contributed by atoms with van der Waals surface area (Å²) in [5.74, 6) is -1.20. The molecule has 3 amide bonds. The molecule has 2 rings (SSSR count). The number of ether oxygens (including phenoxy) is 1. The molecule has 8 heteroatoms. The van der Waals surface area contributed by atoms with E-state index in [0.717, 1.165) is 16.7 Å². The number of carbonyl (C=O) groups excluding carboxylic acids is 3. The lowest BCUT2D eigenvalue weighted by molar-refractivity contribution is -0.142. The molecule has 2 unspecified atom stereocenters. The van der Waals surface area contributed by atoms with Gasteiger partial charge < -0.3 is 25.4 Å². The number of anilines is 1. The monoisotopic (exact) mass is 511 g/mol. The second-order valence-electron chi connectivity index (χ2n) is 10.6. The summed E-state index contributed by atoms with van der Waals surface area (Å²) in [5.41, 5.74) is 3.17. The second-order valence-corrected chi connectivity index (χ2v) is 10.6. The van der Waals surface area contributed by atoms with Gasteiger partial charge in [-0.25, -0.2) is 4.79 Å². The highest BCUT2D eigenvalue weighted by atomic mass is 16.6. The van der Waals surface area contributed by atoms with Crippen molar-refractivity contribution in [1.29, 1.82) is 0 Å². The number of rotatable bonds is 9. The van der Waals surface area contributed by atoms with Gasteiger partial charge >= 0.3 is 6.09 Å². The number of aliphatic hydroxyl groups excluding tert-OH is 1. The average Bonchev–Trinajstić information content (AvgIpc) is 2.79. The van der Waals surface area contributed by atoms with Crippen LogP contribution in [0.3, 0.4) is 0 Å². The summed E-state index contributed by atoms with van der Waals surface area (Å²) in [7, 11) is 0. The van der Waals surface area contributed by atoms with Crippen molar-refractivity contribution in [3.63, 3.8) is 0 Å². The second kappa shape index (κ2) is 12.7. The van der Waals surface area contributed by atoms with Gasteiger partial charge in [-0.15, -0.1) is 0 Å². The van der Waals surface area contributed by atoms with Crippen molar-refractivity contribution in [1.82, 2.24) is 10.2 Å². The van der Waals surface area contributed by atoms with Gasteiger partial charge in [-0.05, 0) is 69.7 Å². The molecule has 0 aromatic heterocycles. The van der Waals surface area contributed by atoms with Crippen molar-refractivity contribution in [3.05, 3.63) is 64.7 Å². The maximum Gasteiger partial charge on any atom is 0.408 e. The lowest BCUT2D eigenvalue weighted by Gasteiger charge is -2.36. The number of amides is 3. The van der Waals surface area contributed by atoms with Crippen LogP contribution < -0.4 is 10.6 Å². The molecule has 2 atom stereocenters. The Morgan fingerprint density at radius 2 is 1.51 bits per heavy atom. The molecule has 0 saturated heterocycles. The van der Waals surface area contributed by atoms with Crippen molar-refractivity contribution in [2.75, 3.05) is 18.5 Å². The van der Waals surface area contributed by atoms with Crippen LogP contribution in [0, 0.1) is 26.7 Å². The summed E-state index contributed by atoms with van der Waals surface area (Å²) < 4.78 is 5.38. The number of carbonyl (C=O) groups is 3. The summed E-state index contributed by atoms with van der Waals surface area (Å²) in [6.45, 7) is 14.0. The molecular weight excluding hydrogens is 470 g/mol. The van der Waals surface area contributed by atoms with Crippen LogP contribution in [0.2, 0.25) is 0 Å². The molecule has 0 spiro atoms. The fourth-order valence-electron chi connectivity index (χ4n) is 4.15. The molecule has 0 radical (unpaired) electrons. The topological polar surface area (TPSA) is 108 Å². The van der Waals surface area contributed by atoms with Crippen LogP contribution >= 0.6 is 0 Å². The number of hydrogen-bond acceptors (Lipinski definition) is 5. The Labute approximate surface area is 220 Å². The Kier molecular flexibility index (Phi) is 10.3. The van der Waals surface area contributed by atoms with Gasteiger partial charge in [0.05, 0.1) is 6.61 Å². The Bertz CT molecular complexity index is 1090. The molecule has 0 heterocycles. The first-order chi connectivity index (χ1) is 17.3. The van der Waals surface area contributed by atoms with Gasteiger partial charge in [-0.1, -0.05) is 56.3 Å². The van der Waals surface area contributed by atoms with E-state index in [-0.39, 0.29) is 19.1 Å². The van der Waals surface area contributed by atoms with Crippen LogP contribution in [0.25, 0.3) is 0 Å². The summed E-state index contributed by atoms with van der Waals surface area (Å²) in [5, 5.41) is 15.6. The smallest absolute Gasteiger partial charge is 0.408 e. The minimum atomic E-state index is -1.04. The summed E-state index contributed by atoms with van der Waals surface area (Å²) >= 11 is 0. The number of benzene rings is 2. The van der Waals surface area contributed by atoms with Gasteiger partial charge in [0.1, 0.15) is 17.7 Å². The van der Waals surface area contributed by atoms with Crippen LogP contribution in [0.5, 0.6) is 0 Å². The van der Waals surface area contributed by atoms with Gasteiger partial charge in [0, 0.05) is 12.2 Å². The van der Waals surface area contributed by atoms with E-state index in [0.29, 0.717) is 11.3 Å². The Morgan fingerprint density at radius 1 is 0.946 bits per heavy atom. The number of aliphatic hydroxyl groups is 1. The molecule has 0 saturated carbocycles. The third-order valence-electron chi connectivity index (χ3n) is 6.00. The van der Waals surface area contributed by atoms with E-state index in [1.54, 1.807) is 40.7 Å². The van der Waals surface area contributed by atoms with Gasteiger partial charge in [-0.2, -0.15) is 0 Å². The van der Waals surface area contributed by atoms with Crippen LogP contribution in [-0.4, -0.2) is 52.7 Å². The van der Waals surface area contributed by atoms with Crippen molar-refractivity contribution < 1.29 is 24.2 Å². The normalized spacial score (nSPS) is 13.0. The number of nitrogens with zero attached hydrogens (tertiary/aromatic N) is 1. The fourth-order valence-corrected chi connectivity index (χ4v) is 4.15. The Morgan fingerprint density at radius 3 is 2.03 bits per heavy atom. The van der Waals surface area contributed by atoms with Crippen molar-refractivity contribution in [3.8, 4) is 0 Å². The minimum absolute atomic E-state index is 0.1000. The SMILES string of the molecule is Cc1ccccc1C(C(=O)Nc1c(C)cccc1C)N(CCO)C(=O)C(NC(=O)OC(C)(C)C)C(C)C. The molecule has 0 aliphatic heterocycles. The predicted molar refractivity (Wildman–Crippen MR) is 145 cm³/mol. The Balaban J connectivity index is 2.54. The summed E-state index contributed by atoms with van der Waals surface area (Å²) in [6, 6.07) is 11.0. The zero-order chi connectivity index (χ0) is 27.9. The number of hydrogen-bond donors (Lipinski definition) is 3. The van der Waals surface area contributed by atoms with Crippen LogP contribution in [-0.2, 0) is 14.3 Å². The van der Waals surface area contributed by atoms with Crippen molar-refractivity contribution in [2.45, 2.75) is 73.1 Å². The first-order valence-corrected chi connectivity index (χ1v) is 12.6. The highest BCUT2D eigenvalue weighted by Crippen LogP contribution is 2.29. The number of aryl methyl sites for hydroxylation is 3. The molecule has 0 aliphatic carbocycles. The first-order valence-electron chi connectivity index (χ1n) is 12.6. The summed E-state index contributed by atoms with van der Waals surface area (Å²) in [4.78, 5) is 41.8. The minimum Gasteiger partial charge on any atom is -0.444 e. The van der Waals surface area contributed by atoms with Crippen molar-refractivity contribution >= 4 is 23.6 Å². The third kappa shape index (κ3) is 8.05. The average molecular weight is 512 g/mol. The molecule has 2 aromatic rings. The zero-order valence-electron chi connectivity index (χ0n) is 23.2. The maximum atomic E-state index is 14.0. The number of alkyl carbamates (subject to hydrolysis) is 1. The van der Waals surface area contributed by atoms with Gasteiger partial charge in [0.2, 0.25) is 5.91 Å². The number of para-hydroxylation sites is 1. The van der Waals surface area contributed by atoms with E-state index in [1.165, 1.54) is 4.90 Å². The molecular formula is C29H41N3O5. The van der Waals surface area contributed by atoms with Crippen molar-refractivity contribution in [2.24, 2.45) is 5.92 Å². The predicted octanol–water partition coefficient (Wildman–Crippen LogP) is 4.66. The maximum absolute atomic E-state index is 14.0. The third-order valence-corrected chi connectivity index (χ3v) is 6.00. The van der Waals surface area contributed by atoms with E-state index in [2.05, 4.69) is 10.6 Å². The van der Waals surface area contributed by atoms with E-state index < -0.39 is 35.6 Å². The molecule has 2 aromatic carbocycles. The largest absolute Gasteiger partial charge is 0.444 e. The highest BCUT2D eigenvalue weighted by Gasteiger charge is 2.38. The lowest BCUT2D eigenvalue weighted by Crippen LogP contribution is -2.55. The van der Waals surface area contributed by atoms with Crippen LogP contribution in [0.1, 0.15) is 62.9 Å². The molecule has 202 valence electrons. The molecule has 0 fully saturated rings. The van der Waals surface area contributed by atoms with E-state index >= 15 is 0 Å². The molecule has 0 bridgehead atoms. The molecule has 8 nitrogen and oxygen atoms in total. The zero-order valence-corrected chi connectivity index (χ0v) is 23.2.